The van der Waals surface area contributed by atoms with Crippen LogP contribution in [0.1, 0.15) is 32.6 Å². The molecule has 2 fully saturated rings. The molecule has 6 nitrogen and oxygen atoms in total. The van der Waals surface area contributed by atoms with Crippen LogP contribution in [0.25, 0.3) is 0 Å². The number of hydrogen-bond donors (Lipinski definition) is 1. The van der Waals surface area contributed by atoms with Crippen LogP contribution in [0, 0.1) is 5.92 Å². The number of hydrogen-bond acceptors (Lipinski definition) is 6. The van der Waals surface area contributed by atoms with Gasteiger partial charge in [0.25, 0.3) is 0 Å². The van der Waals surface area contributed by atoms with Crippen molar-refractivity contribution in [1.29, 1.82) is 0 Å². The molecule has 23 heavy (non-hydrogen) atoms. The number of rotatable bonds is 5. The summed E-state index contributed by atoms with van der Waals surface area (Å²) in [6.07, 6.45) is 6.55. The van der Waals surface area contributed by atoms with Crippen molar-refractivity contribution in [2.24, 2.45) is 5.92 Å². The molecule has 1 N–H and O–H groups in total. The van der Waals surface area contributed by atoms with E-state index in [1.54, 1.807) is 6.20 Å². The van der Waals surface area contributed by atoms with E-state index in [-0.39, 0.29) is 6.10 Å². The van der Waals surface area contributed by atoms with Crippen LogP contribution in [-0.4, -0.2) is 48.5 Å². The summed E-state index contributed by atoms with van der Waals surface area (Å²) in [5, 5.41) is 3.43. The molecule has 1 aliphatic heterocycles. The highest BCUT2D eigenvalue weighted by Crippen LogP contribution is 2.27. The first-order chi connectivity index (χ1) is 11.2. The first kappa shape index (κ1) is 16.9. The largest absolute Gasteiger partial charge is 0.474 e. The van der Waals surface area contributed by atoms with E-state index in [1.165, 1.54) is 25.7 Å². The number of ether oxygens (including phenoxy) is 3. The molecule has 2 aliphatic rings. The van der Waals surface area contributed by atoms with Crippen LogP contribution in [0.4, 0.5) is 5.95 Å². The van der Waals surface area contributed by atoms with Crippen molar-refractivity contribution in [2.45, 2.75) is 44.8 Å². The molecule has 0 spiro atoms. The molecule has 0 amide bonds. The van der Waals surface area contributed by atoms with Crippen molar-refractivity contribution in [3.05, 3.63) is 10.7 Å². The van der Waals surface area contributed by atoms with Crippen molar-refractivity contribution in [1.82, 2.24) is 9.97 Å². The van der Waals surface area contributed by atoms with Gasteiger partial charge in [-0.05, 0) is 47.5 Å². The van der Waals surface area contributed by atoms with Crippen molar-refractivity contribution in [3.8, 4) is 5.88 Å². The quantitative estimate of drug-likeness (QED) is 0.839. The monoisotopic (exact) mass is 385 g/mol. The smallest absolute Gasteiger partial charge is 0.232 e. The zero-order valence-electron chi connectivity index (χ0n) is 13.5. The Balaban J connectivity index is 1.55. The van der Waals surface area contributed by atoms with Crippen molar-refractivity contribution in [3.63, 3.8) is 0 Å². The molecule has 1 aromatic rings. The van der Waals surface area contributed by atoms with E-state index in [2.05, 4.69) is 38.1 Å². The minimum Gasteiger partial charge on any atom is -0.474 e. The fourth-order valence-electron chi connectivity index (χ4n) is 2.91. The van der Waals surface area contributed by atoms with Gasteiger partial charge in [-0.2, -0.15) is 4.98 Å². The van der Waals surface area contributed by atoms with E-state index < -0.39 is 0 Å². The van der Waals surface area contributed by atoms with Crippen LogP contribution in [0.2, 0.25) is 0 Å². The van der Waals surface area contributed by atoms with Crippen LogP contribution in [0.15, 0.2) is 10.7 Å². The zero-order chi connectivity index (χ0) is 16.1. The number of nitrogens with one attached hydrogen (secondary N) is 1. The minimum atomic E-state index is -0.0399. The third-order valence-corrected chi connectivity index (χ3v) is 4.90. The van der Waals surface area contributed by atoms with Crippen LogP contribution in [-0.2, 0) is 9.47 Å². The molecule has 1 aliphatic carbocycles. The van der Waals surface area contributed by atoms with Crippen LogP contribution in [0.5, 0.6) is 5.88 Å². The Labute approximate surface area is 145 Å². The van der Waals surface area contributed by atoms with Crippen molar-refractivity contribution in [2.75, 3.05) is 31.7 Å². The maximum Gasteiger partial charge on any atom is 0.232 e. The maximum atomic E-state index is 5.78. The van der Waals surface area contributed by atoms with E-state index in [0.717, 1.165) is 10.4 Å². The summed E-state index contributed by atoms with van der Waals surface area (Å²) in [7, 11) is 0. The van der Waals surface area contributed by atoms with Gasteiger partial charge in [-0.25, -0.2) is 4.98 Å². The second-order valence-corrected chi connectivity index (χ2v) is 7.18. The average molecular weight is 386 g/mol. The Hall–Kier alpha value is -0.920. The van der Waals surface area contributed by atoms with Gasteiger partial charge in [0.1, 0.15) is 12.7 Å². The van der Waals surface area contributed by atoms with Gasteiger partial charge < -0.3 is 19.5 Å². The highest BCUT2D eigenvalue weighted by atomic mass is 79.9. The molecule has 1 saturated heterocycles. The number of anilines is 1. The summed E-state index contributed by atoms with van der Waals surface area (Å²) >= 11 is 3.44. The molecule has 0 bridgehead atoms. The lowest BCUT2D eigenvalue weighted by atomic mass is 9.87. The van der Waals surface area contributed by atoms with Crippen LogP contribution in [0.3, 0.4) is 0 Å². The maximum absolute atomic E-state index is 5.78. The van der Waals surface area contributed by atoms with Gasteiger partial charge >= 0.3 is 0 Å². The summed E-state index contributed by atoms with van der Waals surface area (Å²) < 4.78 is 17.5. The van der Waals surface area contributed by atoms with Crippen LogP contribution < -0.4 is 10.1 Å². The first-order valence-electron chi connectivity index (χ1n) is 8.32. The first-order valence-corrected chi connectivity index (χ1v) is 9.11. The highest BCUT2D eigenvalue weighted by molar-refractivity contribution is 9.10. The van der Waals surface area contributed by atoms with Crippen molar-refractivity contribution >= 4 is 21.9 Å². The van der Waals surface area contributed by atoms with Gasteiger partial charge in [0.05, 0.1) is 30.5 Å². The lowest BCUT2D eigenvalue weighted by molar-refractivity contribution is -0.102. The molecule has 0 unspecified atom stereocenters. The van der Waals surface area contributed by atoms with Gasteiger partial charge in [-0.3, -0.25) is 0 Å². The molecule has 2 heterocycles. The fourth-order valence-corrected chi connectivity index (χ4v) is 3.22. The molecular formula is C16H24BrN3O3. The topological polar surface area (TPSA) is 65.5 Å². The molecule has 128 valence electrons. The number of halogens is 1. The van der Waals surface area contributed by atoms with Crippen molar-refractivity contribution < 1.29 is 14.2 Å². The normalized spacial score (nSPS) is 28.3. The van der Waals surface area contributed by atoms with E-state index >= 15 is 0 Å². The number of aromatic nitrogens is 2. The van der Waals surface area contributed by atoms with Gasteiger partial charge in [-0.1, -0.05) is 6.92 Å². The zero-order valence-corrected chi connectivity index (χ0v) is 15.0. The van der Waals surface area contributed by atoms with Gasteiger partial charge in [0, 0.05) is 6.04 Å². The average Bonchev–Trinajstić information content (AvgIpc) is 2.58. The van der Waals surface area contributed by atoms with E-state index in [9.17, 15) is 0 Å². The Morgan fingerprint density at radius 3 is 2.87 bits per heavy atom. The molecular weight excluding hydrogens is 362 g/mol. The molecule has 1 saturated carbocycles. The predicted molar refractivity (Wildman–Crippen MR) is 90.8 cm³/mol. The Bertz CT molecular complexity index is 503. The SMILES string of the molecule is C[C@H]1CC[C@@H](Nc2ncc(Br)c(OC[C@H]3COCCO3)n2)CC1. The lowest BCUT2D eigenvalue weighted by Gasteiger charge is -2.27. The Morgan fingerprint density at radius 1 is 1.30 bits per heavy atom. The second kappa shape index (κ2) is 8.26. The Kier molecular flexibility index (Phi) is 6.08. The summed E-state index contributed by atoms with van der Waals surface area (Å²) in [6, 6.07) is 0.454. The second-order valence-electron chi connectivity index (χ2n) is 6.33. The van der Waals surface area contributed by atoms with Gasteiger partial charge in [-0.15, -0.1) is 0 Å². The number of nitrogens with zero attached hydrogens (tertiary/aromatic N) is 2. The van der Waals surface area contributed by atoms with E-state index in [0.29, 0.717) is 44.3 Å². The van der Waals surface area contributed by atoms with Gasteiger partial charge in [0.2, 0.25) is 11.8 Å². The standard InChI is InChI=1S/C16H24BrN3O3/c1-11-2-4-12(5-3-11)19-16-18-8-14(17)15(20-16)23-10-13-9-21-6-7-22-13/h8,11-13H,2-7,9-10H2,1H3,(H,18,19,20)/t11-,12+,13-/m1/s1. The third-order valence-electron chi connectivity index (χ3n) is 4.35. The summed E-state index contributed by atoms with van der Waals surface area (Å²) in [5.74, 6) is 2.00. The highest BCUT2D eigenvalue weighted by Gasteiger charge is 2.20. The van der Waals surface area contributed by atoms with Gasteiger partial charge in [0.15, 0.2) is 0 Å². The van der Waals surface area contributed by atoms with E-state index in [4.69, 9.17) is 14.2 Å². The summed E-state index contributed by atoms with van der Waals surface area (Å²) in [5.41, 5.74) is 0. The minimum absolute atomic E-state index is 0.0399. The predicted octanol–water partition coefficient (Wildman–Crippen LogP) is 3.02. The molecule has 7 heteroatoms. The molecule has 1 aromatic heterocycles. The third kappa shape index (κ3) is 5.02. The molecule has 3 rings (SSSR count). The summed E-state index contributed by atoms with van der Waals surface area (Å²) in [6.45, 7) is 4.58. The molecule has 0 radical (unpaired) electrons. The fraction of sp³-hybridized carbons (Fsp3) is 0.750. The van der Waals surface area contributed by atoms with Crippen LogP contribution >= 0.6 is 15.9 Å². The summed E-state index contributed by atoms with van der Waals surface area (Å²) in [4.78, 5) is 8.82. The lowest BCUT2D eigenvalue weighted by Crippen LogP contribution is -2.33. The molecule has 1 atom stereocenters. The Morgan fingerprint density at radius 2 is 2.13 bits per heavy atom. The molecule has 0 aromatic carbocycles. The van der Waals surface area contributed by atoms with E-state index in [1.807, 2.05) is 0 Å².